The number of fused-ring (bicyclic) bond motifs is 1. The summed E-state index contributed by atoms with van der Waals surface area (Å²) in [5.74, 6) is 0.425. The molecule has 128 valence electrons. The van der Waals surface area contributed by atoms with Crippen molar-refractivity contribution in [3.05, 3.63) is 87.0 Å². The zero-order valence-corrected chi connectivity index (χ0v) is 15.6. The number of nitrogens with two attached hydrogens (primary N) is 1. The van der Waals surface area contributed by atoms with E-state index >= 15 is 0 Å². The average molecular weight is 379 g/mol. The van der Waals surface area contributed by atoms with Gasteiger partial charge in [0.25, 0.3) is 0 Å². The minimum Gasteiger partial charge on any atom is -0.384 e. The molecule has 4 rings (SSSR count). The Morgan fingerprint density at radius 1 is 1.15 bits per heavy atom. The maximum atomic E-state index is 9.72. The third kappa shape index (κ3) is 2.78. The van der Waals surface area contributed by atoms with E-state index in [-0.39, 0.29) is 0 Å². The van der Waals surface area contributed by atoms with Crippen LogP contribution in [0.3, 0.4) is 0 Å². The quantitative estimate of drug-likeness (QED) is 0.815. The van der Waals surface area contributed by atoms with E-state index in [1.54, 1.807) is 12.1 Å². The lowest BCUT2D eigenvalue weighted by molar-refractivity contribution is 0.651. The Morgan fingerprint density at radius 2 is 1.85 bits per heavy atom. The number of benzene rings is 2. The van der Waals surface area contributed by atoms with Crippen molar-refractivity contribution in [3.8, 4) is 6.07 Å². The number of nitrogens with zero attached hydrogens (tertiary/aromatic N) is 3. The van der Waals surface area contributed by atoms with Gasteiger partial charge in [0.2, 0.25) is 0 Å². The van der Waals surface area contributed by atoms with Crippen LogP contribution in [-0.2, 0) is 0 Å². The normalized spacial score (nSPS) is 19.0. The Bertz CT molecular complexity index is 998. The smallest absolute Gasteiger partial charge is 0.174 e. The van der Waals surface area contributed by atoms with Gasteiger partial charge in [-0.2, -0.15) is 5.26 Å². The molecule has 0 spiro atoms. The fraction of sp³-hybridized carbons (Fsp3) is 0.100. The van der Waals surface area contributed by atoms with E-state index in [2.05, 4.69) is 30.3 Å². The van der Waals surface area contributed by atoms with Crippen molar-refractivity contribution in [1.29, 1.82) is 5.26 Å². The minimum atomic E-state index is -0.415. The summed E-state index contributed by atoms with van der Waals surface area (Å²) >= 11 is 7.49. The third-order valence-corrected chi connectivity index (χ3v) is 5.48. The lowest BCUT2D eigenvalue weighted by Crippen LogP contribution is -2.33. The van der Waals surface area contributed by atoms with Gasteiger partial charge in [-0.3, -0.25) is 4.90 Å². The lowest BCUT2D eigenvalue weighted by Gasteiger charge is -2.30. The Hall–Kier alpha value is -2.68. The number of amidine groups is 1. The number of hydrogen-bond donors (Lipinski definition) is 1. The summed E-state index contributed by atoms with van der Waals surface area (Å²) in [6.45, 7) is 2.05. The van der Waals surface area contributed by atoms with Gasteiger partial charge in [0.15, 0.2) is 5.17 Å². The van der Waals surface area contributed by atoms with E-state index in [0.29, 0.717) is 16.4 Å². The van der Waals surface area contributed by atoms with Gasteiger partial charge in [-0.15, -0.1) is 0 Å². The second-order valence-electron chi connectivity index (χ2n) is 6.10. The summed E-state index contributed by atoms with van der Waals surface area (Å²) in [5, 5.41) is 13.2. The summed E-state index contributed by atoms with van der Waals surface area (Å²) in [4.78, 5) is 6.65. The molecule has 1 unspecified atom stereocenters. The van der Waals surface area contributed by atoms with E-state index in [4.69, 9.17) is 22.3 Å². The second-order valence-corrected chi connectivity index (χ2v) is 7.37. The number of hydrogen-bond acceptors (Lipinski definition) is 5. The van der Waals surface area contributed by atoms with Crippen molar-refractivity contribution < 1.29 is 0 Å². The van der Waals surface area contributed by atoms with Crippen LogP contribution in [0.2, 0.25) is 5.02 Å². The van der Waals surface area contributed by atoms with Crippen molar-refractivity contribution in [2.75, 3.05) is 0 Å². The molecule has 6 heteroatoms. The number of thioether (sulfide) groups is 1. The first-order chi connectivity index (χ1) is 12.6. The number of aliphatic imine (C=N–C) groups is 1. The van der Waals surface area contributed by atoms with Crippen LogP contribution in [0.25, 0.3) is 5.70 Å². The summed E-state index contributed by atoms with van der Waals surface area (Å²) in [5.41, 5.74) is 10.9. The van der Waals surface area contributed by atoms with Gasteiger partial charge in [0, 0.05) is 10.4 Å². The minimum absolute atomic E-state index is 0.415. The largest absolute Gasteiger partial charge is 0.384 e. The number of halogens is 1. The molecule has 4 nitrogen and oxygen atoms in total. The molecule has 0 saturated heterocycles. The van der Waals surface area contributed by atoms with Crippen LogP contribution in [0.4, 0.5) is 0 Å². The van der Waals surface area contributed by atoms with Crippen LogP contribution in [0, 0.1) is 18.3 Å². The summed E-state index contributed by atoms with van der Waals surface area (Å²) in [6.07, 6.45) is 0. The molecular formula is C20H15ClN4S. The van der Waals surface area contributed by atoms with Crippen LogP contribution in [0.5, 0.6) is 0 Å². The van der Waals surface area contributed by atoms with Crippen LogP contribution >= 0.6 is 23.4 Å². The fourth-order valence-corrected chi connectivity index (χ4v) is 4.05. The number of nitriles is 1. The van der Waals surface area contributed by atoms with Gasteiger partial charge < -0.3 is 5.73 Å². The highest BCUT2D eigenvalue weighted by atomic mass is 35.5. The van der Waals surface area contributed by atoms with Crippen molar-refractivity contribution >= 4 is 34.2 Å². The molecule has 0 aliphatic carbocycles. The zero-order chi connectivity index (χ0) is 18.3. The first kappa shape index (κ1) is 16.8. The summed E-state index contributed by atoms with van der Waals surface area (Å²) in [6, 6.07) is 17.4. The summed E-state index contributed by atoms with van der Waals surface area (Å²) < 4.78 is 0. The van der Waals surface area contributed by atoms with E-state index in [1.165, 1.54) is 17.3 Å². The zero-order valence-electron chi connectivity index (χ0n) is 14.0. The van der Waals surface area contributed by atoms with Crippen LogP contribution in [0.1, 0.15) is 22.7 Å². The Balaban J connectivity index is 1.76. The van der Waals surface area contributed by atoms with E-state index < -0.39 is 6.04 Å². The SMILES string of the molecule is Cc1ccc(C2=CSC3=NC(c4ccc(Cl)cc4)C(C#N)=C(N)N23)cc1. The van der Waals surface area contributed by atoms with Gasteiger partial charge in [-0.25, -0.2) is 4.99 Å². The molecule has 2 aromatic rings. The maximum absolute atomic E-state index is 9.72. The molecule has 0 aromatic heterocycles. The molecule has 2 aliphatic heterocycles. The highest BCUT2D eigenvalue weighted by Crippen LogP contribution is 2.42. The molecule has 1 atom stereocenters. The highest BCUT2D eigenvalue weighted by molar-refractivity contribution is 8.16. The summed E-state index contributed by atoms with van der Waals surface area (Å²) in [7, 11) is 0. The molecule has 26 heavy (non-hydrogen) atoms. The van der Waals surface area contributed by atoms with Gasteiger partial charge >= 0.3 is 0 Å². The fourth-order valence-electron chi connectivity index (χ4n) is 3.00. The average Bonchev–Trinajstić information content (AvgIpc) is 3.07. The van der Waals surface area contributed by atoms with Crippen molar-refractivity contribution in [2.24, 2.45) is 10.7 Å². The van der Waals surface area contributed by atoms with Crippen molar-refractivity contribution in [2.45, 2.75) is 13.0 Å². The van der Waals surface area contributed by atoms with E-state index in [1.807, 2.05) is 29.4 Å². The molecule has 0 saturated carbocycles. The van der Waals surface area contributed by atoms with Crippen LogP contribution in [-0.4, -0.2) is 10.1 Å². The molecule has 2 heterocycles. The topological polar surface area (TPSA) is 65.4 Å². The van der Waals surface area contributed by atoms with E-state index in [9.17, 15) is 5.26 Å². The molecular weight excluding hydrogens is 364 g/mol. The standard InChI is InChI=1S/C20H15ClN4S/c1-12-2-4-13(5-3-12)17-11-26-20-24-18(14-6-8-15(21)9-7-14)16(10-22)19(23)25(17)20/h2-9,11,18H,23H2,1H3. The Labute approximate surface area is 161 Å². The molecule has 2 aliphatic rings. The number of rotatable bonds is 2. The monoisotopic (exact) mass is 378 g/mol. The Morgan fingerprint density at radius 3 is 2.50 bits per heavy atom. The number of aryl methyl sites for hydroxylation is 1. The van der Waals surface area contributed by atoms with Crippen molar-refractivity contribution in [1.82, 2.24) is 4.90 Å². The molecule has 0 bridgehead atoms. The molecule has 0 amide bonds. The molecule has 2 N–H and O–H groups in total. The predicted molar refractivity (Wildman–Crippen MR) is 107 cm³/mol. The molecule has 0 radical (unpaired) electrons. The predicted octanol–water partition coefficient (Wildman–Crippen LogP) is 4.80. The lowest BCUT2D eigenvalue weighted by atomic mass is 9.98. The van der Waals surface area contributed by atoms with Gasteiger partial charge in [-0.1, -0.05) is 65.3 Å². The van der Waals surface area contributed by atoms with Gasteiger partial charge in [0.05, 0.1) is 11.3 Å². The van der Waals surface area contributed by atoms with E-state index in [0.717, 1.165) is 22.0 Å². The van der Waals surface area contributed by atoms with Crippen LogP contribution < -0.4 is 5.73 Å². The molecule has 2 aromatic carbocycles. The first-order valence-corrected chi connectivity index (χ1v) is 9.31. The van der Waals surface area contributed by atoms with Crippen LogP contribution in [0.15, 0.2) is 70.3 Å². The third-order valence-electron chi connectivity index (χ3n) is 4.39. The Kier molecular flexibility index (Phi) is 4.23. The van der Waals surface area contributed by atoms with Gasteiger partial charge in [0.1, 0.15) is 17.9 Å². The first-order valence-electron chi connectivity index (χ1n) is 8.05. The second kappa shape index (κ2) is 6.56. The highest BCUT2D eigenvalue weighted by Gasteiger charge is 2.35. The van der Waals surface area contributed by atoms with Gasteiger partial charge in [-0.05, 0) is 30.2 Å². The van der Waals surface area contributed by atoms with Crippen molar-refractivity contribution in [3.63, 3.8) is 0 Å². The molecule has 0 fully saturated rings. The maximum Gasteiger partial charge on any atom is 0.174 e.